The first-order chi connectivity index (χ1) is 9.35. The number of carbonyl (C=O) groups excluding carboxylic acids is 2. The van der Waals surface area contributed by atoms with E-state index >= 15 is 0 Å². The van der Waals surface area contributed by atoms with Gasteiger partial charge in [0.15, 0.2) is 11.8 Å². The maximum absolute atomic E-state index is 11.5. The number of amides is 1. The van der Waals surface area contributed by atoms with Crippen molar-refractivity contribution in [2.75, 3.05) is 13.7 Å². The van der Waals surface area contributed by atoms with Crippen LogP contribution in [0.3, 0.4) is 0 Å². The van der Waals surface area contributed by atoms with Crippen molar-refractivity contribution in [3.05, 3.63) is 27.2 Å². The second-order valence-corrected chi connectivity index (χ2v) is 5.04. The first kappa shape index (κ1) is 16.9. The van der Waals surface area contributed by atoms with Crippen LogP contribution in [0.5, 0.6) is 5.75 Å². The molecule has 5 nitrogen and oxygen atoms in total. The van der Waals surface area contributed by atoms with Crippen LogP contribution < -0.4 is 10.1 Å². The van der Waals surface area contributed by atoms with E-state index in [0.717, 1.165) is 0 Å². The molecule has 0 saturated carbocycles. The molecule has 0 fully saturated rings. The molecule has 8 heteroatoms. The van der Waals surface area contributed by atoms with Crippen LogP contribution in [0.15, 0.2) is 12.1 Å². The Morgan fingerprint density at radius 2 is 1.80 bits per heavy atom. The maximum Gasteiger partial charge on any atom is 0.331 e. The predicted octanol–water partition coefficient (Wildman–Crippen LogP) is 2.70. The lowest BCUT2D eigenvalue weighted by atomic mass is 10.3. The maximum atomic E-state index is 11.5. The molecule has 1 rings (SSSR count). The van der Waals surface area contributed by atoms with Crippen LogP contribution in [0.1, 0.15) is 6.92 Å². The standard InChI is InChI=1S/C12H12Cl3NO4/c1-6(17)16-10(12(18)19-2)5-20-11-8(14)3-7(13)4-9(11)15/h3-4,10H,5H2,1-2H3,(H,16,17). The van der Waals surface area contributed by atoms with Gasteiger partial charge in [0.25, 0.3) is 0 Å². The van der Waals surface area contributed by atoms with Gasteiger partial charge in [-0.2, -0.15) is 0 Å². The summed E-state index contributed by atoms with van der Waals surface area (Å²) in [7, 11) is 1.21. The molecule has 0 aliphatic heterocycles. The van der Waals surface area contributed by atoms with Gasteiger partial charge in [0.2, 0.25) is 5.91 Å². The number of esters is 1. The second-order valence-electron chi connectivity index (χ2n) is 3.79. The molecule has 0 bridgehead atoms. The molecular weight excluding hydrogens is 328 g/mol. The quantitative estimate of drug-likeness (QED) is 0.837. The molecule has 1 unspecified atom stereocenters. The molecule has 0 aliphatic carbocycles. The minimum Gasteiger partial charge on any atom is -0.488 e. The van der Waals surface area contributed by atoms with Crippen LogP contribution in [0.4, 0.5) is 0 Å². The number of halogens is 3. The number of methoxy groups -OCH3 is 1. The van der Waals surface area contributed by atoms with Crippen molar-refractivity contribution in [1.82, 2.24) is 5.32 Å². The molecule has 0 radical (unpaired) electrons. The third-order valence-electron chi connectivity index (χ3n) is 2.22. The molecule has 0 aliphatic rings. The van der Waals surface area contributed by atoms with E-state index in [1.54, 1.807) is 0 Å². The number of hydrogen-bond acceptors (Lipinski definition) is 4. The summed E-state index contributed by atoms with van der Waals surface area (Å²) < 4.78 is 9.93. The molecule has 110 valence electrons. The molecule has 1 N–H and O–H groups in total. The highest BCUT2D eigenvalue weighted by atomic mass is 35.5. The number of ether oxygens (including phenoxy) is 2. The van der Waals surface area contributed by atoms with E-state index in [2.05, 4.69) is 10.1 Å². The van der Waals surface area contributed by atoms with Gasteiger partial charge in [-0.25, -0.2) is 4.79 Å². The molecular formula is C12H12Cl3NO4. The Morgan fingerprint density at radius 1 is 1.25 bits per heavy atom. The van der Waals surface area contributed by atoms with Crippen LogP contribution in [0, 0.1) is 0 Å². The van der Waals surface area contributed by atoms with Crippen LogP contribution in [0.25, 0.3) is 0 Å². The average Bonchev–Trinajstić information content (AvgIpc) is 2.34. The number of hydrogen-bond donors (Lipinski definition) is 1. The first-order valence-corrected chi connectivity index (χ1v) is 6.60. The van der Waals surface area contributed by atoms with E-state index in [4.69, 9.17) is 39.5 Å². The van der Waals surface area contributed by atoms with Crippen molar-refractivity contribution in [3.8, 4) is 5.75 Å². The molecule has 1 atom stereocenters. The highest BCUT2D eigenvalue weighted by Gasteiger charge is 2.22. The fourth-order valence-electron chi connectivity index (χ4n) is 1.39. The lowest BCUT2D eigenvalue weighted by molar-refractivity contribution is -0.145. The Hall–Kier alpha value is -1.17. The predicted molar refractivity (Wildman–Crippen MR) is 76.6 cm³/mol. The zero-order valence-electron chi connectivity index (χ0n) is 10.7. The molecule has 0 aromatic heterocycles. The first-order valence-electron chi connectivity index (χ1n) is 5.47. The van der Waals surface area contributed by atoms with Crippen LogP contribution in [-0.4, -0.2) is 31.6 Å². The molecule has 20 heavy (non-hydrogen) atoms. The largest absolute Gasteiger partial charge is 0.488 e. The smallest absolute Gasteiger partial charge is 0.331 e. The summed E-state index contributed by atoms with van der Waals surface area (Å²) in [5, 5.41) is 3.17. The molecule has 1 amide bonds. The third-order valence-corrected chi connectivity index (χ3v) is 3.00. The summed E-state index contributed by atoms with van der Waals surface area (Å²) in [6.45, 7) is 1.10. The zero-order valence-corrected chi connectivity index (χ0v) is 13.0. The number of benzene rings is 1. The van der Waals surface area contributed by atoms with Gasteiger partial charge in [-0.15, -0.1) is 0 Å². The summed E-state index contributed by atoms with van der Waals surface area (Å²) in [5.41, 5.74) is 0. The third kappa shape index (κ3) is 4.74. The van der Waals surface area contributed by atoms with Gasteiger partial charge < -0.3 is 14.8 Å². The van der Waals surface area contributed by atoms with Crippen molar-refractivity contribution in [2.24, 2.45) is 0 Å². The summed E-state index contributed by atoms with van der Waals surface area (Å²) in [6, 6.07) is 1.95. The van der Waals surface area contributed by atoms with E-state index in [1.807, 2.05) is 0 Å². The van der Waals surface area contributed by atoms with Crippen molar-refractivity contribution < 1.29 is 19.1 Å². The second kappa shape index (κ2) is 7.57. The fourth-order valence-corrected chi connectivity index (χ4v) is 2.32. The van der Waals surface area contributed by atoms with Crippen molar-refractivity contribution in [1.29, 1.82) is 0 Å². The molecule has 1 aromatic rings. The van der Waals surface area contributed by atoms with Crippen LogP contribution in [-0.2, 0) is 14.3 Å². The van der Waals surface area contributed by atoms with E-state index in [1.165, 1.54) is 26.2 Å². The van der Waals surface area contributed by atoms with Crippen LogP contribution >= 0.6 is 34.8 Å². The summed E-state index contributed by atoms with van der Waals surface area (Å²) in [5.74, 6) is -0.851. The average molecular weight is 341 g/mol. The Bertz CT molecular complexity index is 498. The Morgan fingerprint density at radius 3 is 2.25 bits per heavy atom. The van der Waals surface area contributed by atoms with Gasteiger partial charge in [0.1, 0.15) is 6.61 Å². The molecule has 0 spiro atoms. The number of carbonyl (C=O) groups is 2. The molecule has 0 saturated heterocycles. The molecule has 0 heterocycles. The lowest BCUT2D eigenvalue weighted by Gasteiger charge is -2.17. The highest BCUT2D eigenvalue weighted by molar-refractivity contribution is 6.40. The SMILES string of the molecule is COC(=O)C(COc1c(Cl)cc(Cl)cc1Cl)NC(C)=O. The summed E-state index contributed by atoms with van der Waals surface area (Å²) in [6.07, 6.45) is 0. The van der Waals surface area contributed by atoms with Gasteiger partial charge in [-0.3, -0.25) is 4.79 Å². The minimum atomic E-state index is -0.958. The van der Waals surface area contributed by atoms with E-state index in [-0.39, 0.29) is 22.4 Å². The Balaban J connectivity index is 2.82. The van der Waals surface area contributed by atoms with E-state index in [0.29, 0.717) is 5.02 Å². The fraction of sp³-hybridized carbons (Fsp3) is 0.333. The van der Waals surface area contributed by atoms with Gasteiger partial charge in [-0.05, 0) is 12.1 Å². The van der Waals surface area contributed by atoms with Crippen molar-refractivity contribution in [2.45, 2.75) is 13.0 Å². The van der Waals surface area contributed by atoms with Crippen molar-refractivity contribution >= 4 is 46.7 Å². The monoisotopic (exact) mass is 339 g/mol. The van der Waals surface area contributed by atoms with E-state index in [9.17, 15) is 9.59 Å². The number of nitrogens with one attached hydrogen (secondary N) is 1. The lowest BCUT2D eigenvalue weighted by Crippen LogP contribution is -2.44. The normalized spacial score (nSPS) is 11.7. The van der Waals surface area contributed by atoms with Crippen molar-refractivity contribution in [3.63, 3.8) is 0 Å². The summed E-state index contributed by atoms with van der Waals surface area (Å²) >= 11 is 17.7. The number of rotatable bonds is 5. The van der Waals surface area contributed by atoms with Gasteiger partial charge in [-0.1, -0.05) is 34.8 Å². The molecule has 1 aromatic carbocycles. The van der Waals surface area contributed by atoms with Gasteiger partial charge in [0, 0.05) is 11.9 Å². The minimum absolute atomic E-state index is 0.173. The Kier molecular flexibility index (Phi) is 6.39. The zero-order chi connectivity index (χ0) is 15.3. The summed E-state index contributed by atoms with van der Waals surface area (Å²) in [4.78, 5) is 22.5. The van der Waals surface area contributed by atoms with Gasteiger partial charge >= 0.3 is 5.97 Å². The van der Waals surface area contributed by atoms with Gasteiger partial charge in [0.05, 0.1) is 17.2 Å². The highest BCUT2D eigenvalue weighted by Crippen LogP contribution is 2.35. The van der Waals surface area contributed by atoms with E-state index < -0.39 is 17.9 Å². The van der Waals surface area contributed by atoms with Crippen LogP contribution in [0.2, 0.25) is 15.1 Å². The Labute approximate surface area is 131 Å². The topological polar surface area (TPSA) is 64.6 Å².